The van der Waals surface area contributed by atoms with Crippen LogP contribution in [0.25, 0.3) is 11.1 Å². The van der Waals surface area contributed by atoms with E-state index in [1.165, 1.54) is 7.11 Å². The van der Waals surface area contributed by atoms with Crippen LogP contribution in [0.5, 0.6) is 0 Å². The monoisotopic (exact) mass is 478 g/mol. The van der Waals surface area contributed by atoms with Crippen LogP contribution >= 0.6 is 0 Å². The van der Waals surface area contributed by atoms with E-state index < -0.39 is 24.2 Å². The fraction of sp³-hybridized carbons (Fsp3) is 0.444. The zero-order chi connectivity index (χ0) is 24.7. The summed E-state index contributed by atoms with van der Waals surface area (Å²) in [5, 5.41) is 12.0. The Hall–Kier alpha value is -3.39. The Morgan fingerprint density at radius 3 is 2.29 bits per heavy atom. The molecule has 2 fully saturated rings. The van der Waals surface area contributed by atoms with Crippen molar-refractivity contribution in [3.05, 3.63) is 59.7 Å². The summed E-state index contributed by atoms with van der Waals surface area (Å²) in [6, 6.07) is 15.3. The maximum atomic E-state index is 13.3. The number of carbonyl (C=O) groups is 3. The van der Waals surface area contributed by atoms with Crippen molar-refractivity contribution < 1.29 is 29.0 Å². The van der Waals surface area contributed by atoms with Crippen molar-refractivity contribution >= 4 is 18.0 Å². The number of piperidine rings is 1. The van der Waals surface area contributed by atoms with Crippen molar-refractivity contribution in [1.82, 2.24) is 10.2 Å². The minimum Gasteiger partial charge on any atom is -0.481 e. The van der Waals surface area contributed by atoms with E-state index in [1.807, 2.05) is 36.4 Å². The van der Waals surface area contributed by atoms with E-state index >= 15 is 0 Å². The predicted molar refractivity (Wildman–Crippen MR) is 128 cm³/mol. The number of hydrogen-bond donors (Lipinski definition) is 2. The van der Waals surface area contributed by atoms with Crippen molar-refractivity contribution in [2.45, 2.75) is 31.4 Å². The van der Waals surface area contributed by atoms with Crippen molar-refractivity contribution in [3.63, 3.8) is 0 Å². The molecule has 5 unspecified atom stereocenters. The molecule has 184 valence electrons. The summed E-state index contributed by atoms with van der Waals surface area (Å²) in [5.41, 5.74) is 4.50. The van der Waals surface area contributed by atoms with Crippen molar-refractivity contribution in [3.8, 4) is 11.1 Å². The van der Waals surface area contributed by atoms with Gasteiger partial charge >= 0.3 is 12.1 Å². The second kappa shape index (κ2) is 9.34. The van der Waals surface area contributed by atoms with Gasteiger partial charge in [0.25, 0.3) is 0 Å². The molecule has 3 aliphatic rings. The Labute approximate surface area is 204 Å². The molecule has 5 atom stereocenters. The van der Waals surface area contributed by atoms with E-state index in [4.69, 9.17) is 9.47 Å². The van der Waals surface area contributed by atoms with Gasteiger partial charge in [0.05, 0.1) is 12.0 Å². The molecule has 1 saturated heterocycles. The third-order valence-corrected chi connectivity index (χ3v) is 7.82. The number of hydrogen-bond acceptors (Lipinski definition) is 5. The smallest absolute Gasteiger partial charge is 0.407 e. The summed E-state index contributed by atoms with van der Waals surface area (Å²) in [6.45, 7) is 2.73. The Bertz CT molecular complexity index is 1100. The fourth-order valence-electron chi connectivity index (χ4n) is 5.78. The number of fused-ring (bicyclic) bond motifs is 4. The lowest BCUT2D eigenvalue weighted by Crippen LogP contribution is -2.55. The molecule has 2 amide bonds. The molecular weight excluding hydrogens is 448 g/mol. The van der Waals surface area contributed by atoms with E-state index in [1.54, 1.807) is 11.8 Å². The number of nitrogens with one attached hydrogen (secondary N) is 1. The maximum absolute atomic E-state index is 13.3. The molecule has 2 aromatic rings. The van der Waals surface area contributed by atoms with Crippen LogP contribution in [0.4, 0.5) is 4.79 Å². The van der Waals surface area contributed by atoms with Gasteiger partial charge in [-0.1, -0.05) is 48.5 Å². The predicted octanol–water partition coefficient (Wildman–Crippen LogP) is 3.11. The first kappa shape index (κ1) is 23.4. The molecule has 1 saturated carbocycles. The maximum Gasteiger partial charge on any atom is 0.407 e. The van der Waals surface area contributed by atoms with Crippen LogP contribution in [0.1, 0.15) is 30.4 Å². The molecule has 0 radical (unpaired) electrons. The van der Waals surface area contributed by atoms with Crippen molar-refractivity contribution in [2.75, 3.05) is 26.8 Å². The number of nitrogens with zero attached hydrogens (tertiary/aromatic N) is 1. The third-order valence-electron chi connectivity index (χ3n) is 7.82. The zero-order valence-electron chi connectivity index (χ0n) is 19.8. The van der Waals surface area contributed by atoms with E-state index in [0.29, 0.717) is 19.5 Å². The average molecular weight is 479 g/mol. The van der Waals surface area contributed by atoms with Gasteiger partial charge in [0.15, 0.2) is 0 Å². The molecule has 8 heteroatoms. The van der Waals surface area contributed by atoms with E-state index in [0.717, 1.165) is 22.3 Å². The molecule has 35 heavy (non-hydrogen) atoms. The molecule has 5 rings (SSSR count). The lowest BCUT2D eigenvalue weighted by Gasteiger charge is -2.32. The van der Waals surface area contributed by atoms with Crippen LogP contribution in [0.3, 0.4) is 0 Å². The van der Waals surface area contributed by atoms with Crippen LogP contribution in [0.2, 0.25) is 0 Å². The normalized spacial score (nSPS) is 23.9. The van der Waals surface area contributed by atoms with Crippen LogP contribution in [0, 0.1) is 17.8 Å². The lowest BCUT2D eigenvalue weighted by atomic mass is 9.98. The number of carboxylic acids is 1. The van der Waals surface area contributed by atoms with Crippen molar-refractivity contribution in [1.29, 1.82) is 0 Å². The highest BCUT2D eigenvalue weighted by atomic mass is 16.5. The van der Waals surface area contributed by atoms with Crippen LogP contribution in [-0.2, 0) is 19.1 Å². The quantitative estimate of drug-likeness (QED) is 0.634. The first-order valence-electron chi connectivity index (χ1n) is 12.1. The molecule has 2 aromatic carbocycles. The van der Waals surface area contributed by atoms with Gasteiger partial charge in [-0.3, -0.25) is 9.59 Å². The third kappa shape index (κ3) is 4.27. The molecule has 1 aliphatic heterocycles. The van der Waals surface area contributed by atoms with E-state index in [9.17, 15) is 19.5 Å². The number of carbonyl (C=O) groups excluding carboxylic acids is 2. The number of likely N-dealkylation sites (tertiary alicyclic amines) is 1. The van der Waals surface area contributed by atoms with Gasteiger partial charge < -0.3 is 24.8 Å². The van der Waals surface area contributed by atoms with Gasteiger partial charge in [-0.15, -0.1) is 0 Å². The first-order valence-corrected chi connectivity index (χ1v) is 12.1. The summed E-state index contributed by atoms with van der Waals surface area (Å²) in [7, 11) is 1.48. The van der Waals surface area contributed by atoms with Gasteiger partial charge in [0, 0.05) is 26.1 Å². The van der Waals surface area contributed by atoms with Gasteiger partial charge in [-0.2, -0.15) is 0 Å². The molecule has 0 bridgehead atoms. The van der Waals surface area contributed by atoms with Gasteiger partial charge in [0.2, 0.25) is 5.91 Å². The second-order valence-electron chi connectivity index (χ2n) is 9.65. The average Bonchev–Trinajstić information content (AvgIpc) is 3.52. The number of carboxylic acid groups (broad SMARTS) is 1. The largest absolute Gasteiger partial charge is 0.481 e. The molecule has 8 nitrogen and oxygen atoms in total. The second-order valence-corrected chi connectivity index (χ2v) is 9.65. The van der Waals surface area contributed by atoms with Gasteiger partial charge in [-0.05, 0) is 47.4 Å². The highest BCUT2D eigenvalue weighted by molar-refractivity contribution is 5.87. The molecule has 0 aromatic heterocycles. The highest BCUT2D eigenvalue weighted by Gasteiger charge is 2.57. The minimum atomic E-state index is -0.922. The standard InChI is InChI=1S/C27H30N2O6/c1-15(34-2)24(25(30)29-12-11-20-21(13-29)23(20)26(31)32)28-27(33)35-14-22-18-9-5-3-7-16(18)17-8-4-6-10-19(17)22/h3-10,15,20-24H,11-14H2,1-2H3,(H,28,33)(H,31,32). The Balaban J connectivity index is 1.24. The Morgan fingerprint density at radius 2 is 1.69 bits per heavy atom. The number of aliphatic carboxylic acids is 1. The van der Waals surface area contributed by atoms with Crippen molar-refractivity contribution in [2.24, 2.45) is 17.8 Å². The summed E-state index contributed by atoms with van der Waals surface area (Å²) >= 11 is 0. The number of ether oxygens (including phenoxy) is 2. The summed E-state index contributed by atoms with van der Waals surface area (Å²) < 4.78 is 11.0. The molecule has 0 spiro atoms. The Kier molecular flexibility index (Phi) is 6.23. The topological polar surface area (TPSA) is 105 Å². The molecule has 2 aliphatic carbocycles. The highest BCUT2D eigenvalue weighted by Crippen LogP contribution is 2.51. The molecular formula is C27H30N2O6. The molecule has 2 N–H and O–H groups in total. The SMILES string of the molecule is COC(C)C(NC(=O)OCC1c2ccccc2-c2ccccc21)C(=O)N1CCC2C(C1)C2C(=O)O. The number of alkyl carbamates (subject to hydrolysis) is 1. The van der Waals surface area contributed by atoms with Crippen LogP contribution < -0.4 is 5.32 Å². The van der Waals surface area contributed by atoms with Gasteiger partial charge in [-0.25, -0.2) is 4.79 Å². The fourth-order valence-corrected chi connectivity index (χ4v) is 5.78. The summed E-state index contributed by atoms with van der Waals surface area (Å²) in [6.07, 6.45) is -0.596. The Morgan fingerprint density at radius 1 is 1.06 bits per heavy atom. The van der Waals surface area contributed by atoms with Crippen LogP contribution in [-0.4, -0.2) is 66.9 Å². The number of amides is 2. The zero-order valence-corrected chi connectivity index (χ0v) is 19.8. The minimum absolute atomic E-state index is 0.0156. The number of benzene rings is 2. The first-order chi connectivity index (χ1) is 16.9. The summed E-state index contributed by atoms with van der Waals surface area (Å²) in [5.74, 6) is -1.40. The van der Waals surface area contributed by atoms with Crippen LogP contribution in [0.15, 0.2) is 48.5 Å². The number of rotatable bonds is 7. The van der Waals surface area contributed by atoms with Gasteiger partial charge in [0.1, 0.15) is 12.6 Å². The van der Waals surface area contributed by atoms with E-state index in [2.05, 4.69) is 17.4 Å². The molecule has 1 heterocycles. The van der Waals surface area contributed by atoms with E-state index in [-0.39, 0.29) is 36.2 Å². The summed E-state index contributed by atoms with van der Waals surface area (Å²) in [4.78, 5) is 39.1. The number of methoxy groups -OCH3 is 1. The lowest BCUT2D eigenvalue weighted by molar-refractivity contribution is -0.140.